The van der Waals surface area contributed by atoms with E-state index in [0.717, 1.165) is 25.3 Å². The van der Waals surface area contributed by atoms with E-state index in [1.54, 1.807) is 7.11 Å². The summed E-state index contributed by atoms with van der Waals surface area (Å²) in [6.45, 7) is 4.08. The Bertz CT molecular complexity index is 669. The molecule has 0 unspecified atom stereocenters. The van der Waals surface area contributed by atoms with Crippen LogP contribution in [0.25, 0.3) is 0 Å². The van der Waals surface area contributed by atoms with Crippen LogP contribution < -0.4 is 15.4 Å². The summed E-state index contributed by atoms with van der Waals surface area (Å²) >= 11 is 0. The van der Waals surface area contributed by atoms with Gasteiger partial charge in [0.05, 0.1) is 7.11 Å². The van der Waals surface area contributed by atoms with Gasteiger partial charge >= 0.3 is 0 Å². The molecule has 2 N–H and O–H groups in total. The SMILES string of the molecule is CCc1ccc(OC)c(CNc2cccc([C@@H]3CCCCN3)c2)c1.Cl. The first-order chi connectivity index (χ1) is 11.8. The molecular weight excluding hydrogens is 332 g/mol. The Kier molecular flexibility index (Phi) is 7.60. The molecule has 0 amide bonds. The van der Waals surface area contributed by atoms with Crippen LogP contribution in [0.1, 0.15) is 48.9 Å². The van der Waals surface area contributed by atoms with Gasteiger partial charge in [-0.15, -0.1) is 12.4 Å². The molecule has 3 nitrogen and oxygen atoms in total. The van der Waals surface area contributed by atoms with Crippen molar-refractivity contribution < 1.29 is 4.74 Å². The van der Waals surface area contributed by atoms with Crippen LogP contribution in [-0.4, -0.2) is 13.7 Å². The molecule has 1 heterocycles. The van der Waals surface area contributed by atoms with E-state index < -0.39 is 0 Å². The van der Waals surface area contributed by atoms with Crippen LogP contribution in [0, 0.1) is 0 Å². The molecular formula is C21H29ClN2O. The molecule has 1 aliphatic heterocycles. The van der Waals surface area contributed by atoms with Gasteiger partial charge in [-0.05, 0) is 55.1 Å². The van der Waals surface area contributed by atoms with Gasteiger partial charge in [-0.1, -0.05) is 37.6 Å². The van der Waals surface area contributed by atoms with Crippen LogP contribution >= 0.6 is 12.4 Å². The Morgan fingerprint density at radius 3 is 2.76 bits per heavy atom. The molecule has 1 fully saturated rings. The lowest BCUT2D eigenvalue weighted by Gasteiger charge is -2.24. The number of piperidine rings is 1. The summed E-state index contributed by atoms with van der Waals surface area (Å²) in [5.41, 5.74) is 5.10. The highest BCUT2D eigenvalue weighted by molar-refractivity contribution is 5.85. The highest BCUT2D eigenvalue weighted by Gasteiger charge is 2.14. The molecule has 0 spiro atoms. The summed E-state index contributed by atoms with van der Waals surface area (Å²) in [5.74, 6) is 0.949. The maximum Gasteiger partial charge on any atom is 0.123 e. The second kappa shape index (κ2) is 9.69. The first-order valence-electron chi connectivity index (χ1n) is 9.03. The fourth-order valence-electron chi connectivity index (χ4n) is 3.39. The average Bonchev–Trinajstić information content (AvgIpc) is 2.67. The van der Waals surface area contributed by atoms with Gasteiger partial charge in [-0.3, -0.25) is 0 Å². The number of hydrogen-bond acceptors (Lipinski definition) is 3. The summed E-state index contributed by atoms with van der Waals surface area (Å²) in [6, 6.07) is 15.7. The minimum Gasteiger partial charge on any atom is -0.496 e. The third-order valence-electron chi connectivity index (χ3n) is 4.84. The van der Waals surface area contributed by atoms with Crippen molar-refractivity contribution in [1.82, 2.24) is 5.32 Å². The van der Waals surface area contributed by atoms with E-state index >= 15 is 0 Å². The summed E-state index contributed by atoms with van der Waals surface area (Å²) < 4.78 is 5.50. The molecule has 0 saturated carbocycles. The Balaban J connectivity index is 0.00000225. The Labute approximate surface area is 157 Å². The maximum atomic E-state index is 5.50. The lowest BCUT2D eigenvalue weighted by Crippen LogP contribution is -2.26. The van der Waals surface area contributed by atoms with Gasteiger partial charge in [-0.2, -0.15) is 0 Å². The molecule has 1 aliphatic rings. The lowest BCUT2D eigenvalue weighted by atomic mass is 9.97. The average molecular weight is 361 g/mol. The van der Waals surface area contributed by atoms with Gasteiger partial charge in [0.15, 0.2) is 0 Å². The van der Waals surface area contributed by atoms with Crippen molar-refractivity contribution in [2.24, 2.45) is 0 Å². The second-order valence-corrected chi connectivity index (χ2v) is 6.48. The normalized spacial score (nSPS) is 16.8. The van der Waals surface area contributed by atoms with Crippen molar-refractivity contribution in [2.45, 2.75) is 45.2 Å². The number of methoxy groups -OCH3 is 1. The summed E-state index contributed by atoms with van der Waals surface area (Å²) in [7, 11) is 1.74. The molecule has 2 aromatic carbocycles. The Hall–Kier alpha value is -1.71. The molecule has 25 heavy (non-hydrogen) atoms. The number of ether oxygens (including phenoxy) is 1. The standard InChI is InChI=1S/C21H28N2O.ClH/c1-3-16-10-11-21(24-2)18(13-16)15-23-19-8-6-7-17(14-19)20-9-4-5-12-22-20;/h6-8,10-11,13-14,20,22-23H,3-5,9,12,15H2,1-2H3;1H/t20-;/m0./s1. The molecule has 0 aromatic heterocycles. The van der Waals surface area contributed by atoms with Crippen LogP contribution in [0.5, 0.6) is 5.75 Å². The van der Waals surface area contributed by atoms with Crippen LogP contribution in [0.15, 0.2) is 42.5 Å². The quantitative estimate of drug-likeness (QED) is 0.751. The molecule has 1 saturated heterocycles. The molecule has 136 valence electrons. The molecule has 2 aromatic rings. The van der Waals surface area contributed by atoms with Gasteiger partial charge in [0.1, 0.15) is 5.75 Å². The summed E-state index contributed by atoms with van der Waals surface area (Å²) in [5, 5.41) is 7.18. The number of hydrogen-bond donors (Lipinski definition) is 2. The maximum absolute atomic E-state index is 5.50. The van der Waals surface area contributed by atoms with E-state index in [-0.39, 0.29) is 12.4 Å². The number of aryl methyl sites for hydroxylation is 1. The smallest absolute Gasteiger partial charge is 0.123 e. The minimum atomic E-state index is 0. The Morgan fingerprint density at radius 2 is 2.04 bits per heavy atom. The molecule has 4 heteroatoms. The van der Waals surface area contributed by atoms with Gasteiger partial charge in [-0.25, -0.2) is 0 Å². The van der Waals surface area contributed by atoms with Crippen molar-refractivity contribution in [2.75, 3.05) is 19.0 Å². The largest absolute Gasteiger partial charge is 0.496 e. The number of rotatable bonds is 6. The van der Waals surface area contributed by atoms with Crippen molar-refractivity contribution >= 4 is 18.1 Å². The van der Waals surface area contributed by atoms with E-state index in [0.29, 0.717) is 6.04 Å². The van der Waals surface area contributed by atoms with Crippen molar-refractivity contribution in [3.05, 3.63) is 59.2 Å². The second-order valence-electron chi connectivity index (χ2n) is 6.48. The van der Waals surface area contributed by atoms with E-state index in [4.69, 9.17) is 4.74 Å². The first kappa shape index (κ1) is 19.6. The van der Waals surface area contributed by atoms with E-state index in [1.165, 1.54) is 41.6 Å². The van der Waals surface area contributed by atoms with Crippen LogP contribution in [0.2, 0.25) is 0 Å². The zero-order chi connectivity index (χ0) is 16.8. The Morgan fingerprint density at radius 1 is 1.16 bits per heavy atom. The summed E-state index contributed by atoms with van der Waals surface area (Å²) in [4.78, 5) is 0. The van der Waals surface area contributed by atoms with Crippen LogP contribution in [0.4, 0.5) is 5.69 Å². The van der Waals surface area contributed by atoms with Gasteiger partial charge in [0, 0.05) is 23.8 Å². The molecule has 1 atom stereocenters. The van der Waals surface area contributed by atoms with E-state index in [9.17, 15) is 0 Å². The highest BCUT2D eigenvalue weighted by Crippen LogP contribution is 2.26. The number of nitrogens with one attached hydrogen (secondary N) is 2. The predicted molar refractivity (Wildman–Crippen MR) is 108 cm³/mol. The lowest BCUT2D eigenvalue weighted by molar-refractivity contribution is 0.410. The minimum absolute atomic E-state index is 0. The topological polar surface area (TPSA) is 33.3 Å². The highest BCUT2D eigenvalue weighted by atomic mass is 35.5. The third kappa shape index (κ3) is 5.13. The zero-order valence-electron chi connectivity index (χ0n) is 15.2. The van der Waals surface area contributed by atoms with E-state index in [1.807, 2.05) is 0 Å². The molecule has 0 bridgehead atoms. The fourth-order valence-corrected chi connectivity index (χ4v) is 3.39. The van der Waals surface area contributed by atoms with Gasteiger partial charge < -0.3 is 15.4 Å². The predicted octanol–water partition coefficient (Wildman–Crippen LogP) is 5.11. The zero-order valence-corrected chi connectivity index (χ0v) is 16.0. The van der Waals surface area contributed by atoms with Crippen LogP contribution in [-0.2, 0) is 13.0 Å². The summed E-state index contributed by atoms with van der Waals surface area (Å²) in [6.07, 6.45) is 4.88. The number of halogens is 1. The van der Waals surface area contributed by atoms with Gasteiger partial charge in [0.25, 0.3) is 0 Å². The van der Waals surface area contributed by atoms with Crippen molar-refractivity contribution in [1.29, 1.82) is 0 Å². The van der Waals surface area contributed by atoms with E-state index in [2.05, 4.69) is 60.0 Å². The molecule has 0 aliphatic carbocycles. The molecule has 0 radical (unpaired) electrons. The fraction of sp³-hybridized carbons (Fsp3) is 0.429. The number of benzene rings is 2. The molecule has 3 rings (SSSR count). The first-order valence-corrected chi connectivity index (χ1v) is 9.03. The van der Waals surface area contributed by atoms with Crippen molar-refractivity contribution in [3.8, 4) is 5.75 Å². The monoisotopic (exact) mass is 360 g/mol. The third-order valence-corrected chi connectivity index (χ3v) is 4.84. The van der Waals surface area contributed by atoms with Crippen molar-refractivity contribution in [3.63, 3.8) is 0 Å². The van der Waals surface area contributed by atoms with Crippen LogP contribution in [0.3, 0.4) is 0 Å². The number of anilines is 1. The van der Waals surface area contributed by atoms with Gasteiger partial charge in [0.2, 0.25) is 0 Å².